The maximum atomic E-state index is 12.9. The number of anilines is 1. The van der Waals surface area contributed by atoms with Crippen LogP contribution in [0.3, 0.4) is 0 Å². The Kier molecular flexibility index (Phi) is 5.63. The van der Waals surface area contributed by atoms with Crippen molar-refractivity contribution in [1.82, 2.24) is 14.4 Å². The third kappa shape index (κ3) is 4.25. The van der Waals surface area contributed by atoms with Crippen molar-refractivity contribution in [2.45, 2.75) is 38.7 Å². The summed E-state index contributed by atoms with van der Waals surface area (Å²) in [6, 6.07) is 5.70. The number of aromatic nitrogens is 3. The standard InChI is InChI=1S/C21H22F2N4O3/c1-12(2)30-18-8-19-25-16(13-6-7-29-11-13)9-27(19)10-17(18)26-21(28)15-5-3-4-14(24-15)20(22)23/h3-5,8-10,12-13,20H,6-7,11H2,1-2H3,(H,26,28). The van der Waals surface area contributed by atoms with Gasteiger partial charge in [-0.3, -0.25) is 4.79 Å². The molecule has 1 unspecified atom stereocenters. The fourth-order valence-corrected chi connectivity index (χ4v) is 3.33. The molecule has 1 atom stereocenters. The van der Waals surface area contributed by atoms with Gasteiger partial charge in [0.15, 0.2) is 0 Å². The predicted octanol–water partition coefficient (Wildman–Crippen LogP) is 4.21. The van der Waals surface area contributed by atoms with Crippen LogP contribution in [-0.2, 0) is 4.74 Å². The van der Waals surface area contributed by atoms with Crippen LogP contribution in [0.1, 0.15) is 54.5 Å². The van der Waals surface area contributed by atoms with Gasteiger partial charge in [0.2, 0.25) is 0 Å². The van der Waals surface area contributed by atoms with E-state index in [4.69, 9.17) is 9.47 Å². The molecule has 0 saturated carbocycles. The van der Waals surface area contributed by atoms with Gasteiger partial charge >= 0.3 is 0 Å². The number of fused-ring (bicyclic) bond motifs is 1. The number of pyridine rings is 2. The number of carbonyl (C=O) groups excluding carboxylic acids is 1. The van der Waals surface area contributed by atoms with Crippen LogP contribution in [0.4, 0.5) is 14.5 Å². The van der Waals surface area contributed by atoms with E-state index in [1.165, 1.54) is 18.2 Å². The molecular formula is C21H22F2N4O3. The Morgan fingerprint density at radius 1 is 1.30 bits per heavy atom. The van der Waals surface area contributed by atoms with Crippen LogP contribution in [0, 0.1) is 0 Å². The fourth-order valence-electron chi connectivity index (χ4n) is 3.33. The van der Waals surface area contributed by atoms with E-state index in [1.807, 2.05) is 20.0 Å². The molecule has 1 amide bonds. The number of ether oxygens (including phenoxy) is 2. The van der Waals surface area contributed by atoms with Gasteiger partial charge in [0.25, 0.3) is 12.3 Å². The number of rotatable bonds is 6. The SMILES string of the molecule is CC(C)Oc1cc2nc(C3CCOC3)cn2cc1NC(=O)c1cccc(C(F)F)n1. The van der Waals surface area contributed by atoms with E-state index in [9.17, 15) is 13.6 Å². The molecule has 0 spiro atoms. The number of halogens is 2. The van der Waals surface area contributed by atoms with Crippen molar-refractivity contribution >= 4 is 17.2 Å². The lowest BCUT2D eigenvalue weighted by Gasteiger charge is -2.15. The second kappa shape index (κ2) is 8.35. The molecule has 4 rings (SSSR count). The second-order valence-corrected chi connectivity index (χ2v) is 7.41. The van der Waals surface area contributed by atoms with Crippen molar-refractivity contribution in [1.29, 1.82) is 0 Å². The molecule has 30 heavy (non-hydrogen) atoms. The van der Waals surface area contributed by atoms with Gasteiger partial charge < -0.3 is 19.2 Å². The molecule has 1 aliphatic rings. The molecule has 1 saturated heterocycles. The number of nitrogens with one attached hydrogen (secondary N) is 1. The molecule has 1 aliphatic heterocycles. The van der Waals surface area contributed by atoms with Crippen LogP contribution in [0.25, 0.3) is 5.65 Å². The third-order valence-electron chi connectivity index (χ3n) is 4.76. The molecule has 7 nitrogen and oxygen atoms in total. The molecule has 158 valence electrons. The number of alkyl halides is 2. The van der Waals surface area contributed by atoms with Gasteiger partial charge in [-0.05, 0) is 32.4 Å². The van der Waals surface area contributed by atoms with E-state index in [0.29, 0.717) is 30.3 Å². The minimum absolute atomic E-state index is 0.0992. The first-order chi connectivity index (χ1) is 14.4. The van der Waals surface area contributed by atoms with Crippen LogP contribution in [0.5, 0.6) is 5.75 Å². The average Bonchev–Trinajstić information content (AvgIpc) is 3.37. The summed E-state index contributed by atoms with van der Waals surface area (Å²) in [5.41, 5.74) is 1.45. The van der Waals surface area contributed by atoms with Gasteiger partial charge in [0.1, 0.15) is 28.5 Å². The summed E-state index contributed by atoms with van der Waals surface area (Å²) >= 11 is 0. The summed E-state index contributed by atoms with van der Waals surface area (Å²) in [7, 11) is 0. The molecule has 3 aromatic rings. The summed E-state index contributed by atoms with van der Waals surface area (Å²) < 4.78 is 38.9. The highest BCUT2D eigenvalue weighted by atomic mass is 19.3. The van der Waals surface area contributed by atoms with Crippen LogP contribution < -0.4 is 10.1 Å². The lowest BCUT2D eigenvalue weighted by Crippen LogP contribution is -2.17. The van der Waals surface area contributed by atoms with E-state index in [2.05, 4.69) is 15.3 Å². The zero-order chi connectivity index (χ0) is 21.3. The molecule has 4 heterocycles. The van der Waals surface area contributed by atoms with E-state index in [1.54, 1.807) is 16.7 Å². The van der Waals surface area contributed by atoms with Crippen molar-refractivity contribution in [3.8, 4) is 5.75 Å². The van der Waals surface area contributed by atoms with Crippen molar-refractivity contribution in [2.75, 3.05) is 18.5 Å². The number of amides is 1. The smallest absolute Gasteiger partial charge is 0.280 e. The normalized spacial score (nSPS) is 16.5. The largest absolute Gasteiger partial charge is 0.489 e. The first-order valence-electron chi connectivity index (χ1n) is 9.74. The number of nitrogens with zero attached hydrogens (tertiary/aromatic N) is 3. The molecule has 0 aromatic carbocycles. The summed E-state index contributed by atoms with van der Waals surface area (Å²) in [6.07, 6.45) is 1.63. The highest BCUT2D eigenvalue weighted by Gasteiger charge is 2.22. The van der Waals surface area contributed by atoms with E-state index in [-0.39, 0.29) is 17.7 Å². The molecule has 0 aliphatic carbocycles. The van der Waals surface area contributed by atoms with Crippen molar-refractivity contribution < 1.29 is 23.0 Å². The first kappa shape index (κ1) is 20.2. The predicted molar refractivity (Wildman–Crippen MR) is 106 cm³/mol. The van der Waals surface area contributed by atoms with Crippen LogP contribution in [0.15, 0.2) is 36.7 Å². The number of carbonyl (C=O) groups is 1. The van der Waals surface area contributed by atoms with Crippen LogP contribution >= 0.6 is 0 Å². The molecule has 9 heteroatoms. The van der Waals surface area contributed by atoms with Gasteiger partial charge in [-0.1, -0.05) is 6.07 Å². The van der Waals surface area contributed by atoms with Crippen LogP contribution in [-0.4, -0.2) is 39.6 Å². The minimum Gasteiger partial charge on any atom is -0.489 e. The second-order valence-electron chi connectivity index (χ2n) is 7.41. The van der Waals surface area contributed by atoms with E-state index >= 15 is 0 Å². The molecule has 3 aromatic heterocycles. The van der Waals surface area contributed by atoms with Crippen molar-refractivity contribution in [2.24, 2.45) is 0 Å². The van der Waals surface area contributed by atoms with Gasteiger partial charge in [-0.15, -0.1) is 0 Å². The quantitative estimate of drug-likeness (QED) is 0.651. The Morgan fingerprint density at radius 3 is 2.83 bits per heavy atom. The Labute approximate surface area is 172 Å². The monoisotopic (exact) mass is 416 g/mol. The zero-order valence-electron chi connectivity index (χ0n) is 16.6. The molecule has 0 radical (unpaired) electrons. The maximum Gasteiger partial charge on any atom is 0.280 e. The summed E-state index contributed by atoms with van der Waals surface area (Å²) in [5.74, 6) is 0.0735. The van der Waals surface area contributed by atoms with Gasteiger partial charge in [-0.25, -0.2) is 18.7 Å². The summed E-state index contributed by atoms with van der Waals surface area (Å²) in [6.45, 7) is 5.09. The van der Waals surface area contributed by atoms with E-state index in [0.717, 1.165) is 12.1 Å². The first-order valence-corrected chi connectivity index (χ1v) is 9.74. The van der Waals surface area contributed by atoms with Crippen molar-refractivity contribution in [3.63, 3.8) is 0 Å². The Morgan fingerprint density at radius 2 is 2.13 bits per heavy atom. The Hall–Kier alpha value is -3.07. The topological polar surface area (TPSA) is 77.8 Å². The lowest BCUT2D eigenvalue weighted by molar-refractivity contribution is 0.101. The van der Waals surface area contributed by atoms with Gasteiger partial charge in [0, 0.05) is 31.0 Å². The highest BCUT2D eigenvalue weighted by molar-refractivity contribution is 6.03. The van der Waals surface area contributed by atoms with E-state index < -0.39 is 18.0 Å². The summed E-state index contributed by atoms with van der Waals surface area (Å²) in [5, 5.41) is 2.72. The number of hydrogen-bond acceptors (Lipinski definition) is 5. The average molecular weight is 416 g/mol. The molecule has 1 fully saturated rings. The highest BCUT2D eigenvalue weighted by Crippen LogP contribution is 2.30. The van der Waals surface area contributed by atoms with Gasteiger partial charge in [0.05, 0.1) is 18.4 Å². The minimum atomic E-state index is -2.75. The third-order valence-corrected chi connectivity index (χ3v) is 4.76. The van der Waals surface area contributed by atoms with Crippen molar-refractivity contribution in [3.05, 3.63) is 53.7 Å². The Balaban J connectivity index is 1.67. The number of imidazole rings is 1. The zero-order valence-corrected chi connectivity index (χ0v) is 16.6. The molecule has 0 bridgehead atoms. The summed E-state index contributed by atoms with van der Waals surface area (Å²) in [4.78, 5) is 21.1. The molecule has 1 N–H and O–H groups in total. The van der Waals surface area contributed by atoms with Gasteiger partial charge in [-0.2, -0.15) is 0 Å². The lowest BCUT2D eigenvalue weighted by atomic mass is 10.1. The molecular weight excluding hydrogens is 394 g/mol. The number of hydrogen-bond donors (Lipinski definition) is 1. The van der Waals surface area contributed by atoms with Crippen LogP contribution in [0.2, 0.25) is 0 Å². The Bertz CT molecular complexity index is 1060. The fraction of sp³-hybridized carbons (Fsp3) is 0.381. The maximum absolute atomic E-state index is 12.9.